The first-order valence-corrected chi connectivity index (χ1v) is 7.46. The Labute approximate surface area is 124 Å². The van der Waals surface area contributed by atoms with Crippen LogP contribution in [0.3, 0.4) is 0 Å². The van der Waals surface area contributed by atoms with E-state index in [0.717, 1.165) is 23.6 Å². The van der Waals surface area contributed by atoms with Crippen LogP contribution in [0.2, 0.25) is 0 Å². The first-order valence-electron chi connectivity index (χ1n) is 7.46. The number of nitrogens with one attached hydrogen (secondary N) is 2. The number of hydrogen-bond donors (Lipinski definition) is 2. The number of aromatic nitrogens is 2. The number of hydrogen-bond acceptors (Lipinski definition) is 3. The third kappa shape index (κ3) is 2.59. The van der Waals surface area contributed by atoms with Crippen molar-refractivity contribution in [1.29, 1.82) is 0 Å². The van der Waals surface area contributed by atoms with Gasteiger partial charge in [0.2, 0.25) is 0 Å². The van der Waals surface area contributed by atoms with Gasteiger partial charge in [-0.2, -0.15) is 0 Å². The molecule has 4 heteroatoms. The maximum absolute atomic E-state index is 6.08. The van der Waals surface area contributed by atoms with Gasteiger partial charge in [-0.05, 0) is 26.3 Å². The zero-order valence-electron chi connectivity index (χ0n) is 12.7. The van der Waals surface area contributed by atoms with Gasteiger partial charge in [-0.3, -0.25) is 5.32 Å². The van der Waals surface area contributed by atoms with Crippen molar-refractivity contribution in [3.8, 4) is 0 Å². The summed E-state index contributed by atoms with van der Waals surface area (Å²) in [5.74, 6) is 1.97. The van der Waals surface area contributed by atoms with Crippen LogP contribution in [0.15, 0.2) is 41.1 Å². The zero-order chi connectivity index (χ0) is 14.8. The van der Waals surface area contributed by atoms with Crippen molar-refractivity contribution < 1.29 is 4.42 Å². The number of furan rings is 1. The molecular weight excluding hydrogens is 262 g/mol. The number of aromatic amines is 1. The summed E-state index contributed by atoms with van der Waals surface area (Å²) in [5.41, 5.74) is 2.25. The predicted molar refractivity (Wildman–Crippen MR) is 84.1 cm³/mol. The van der Waals surface area contributed by atoms with Crippen molar-refractivity contribution in [3.05, 3.63) is 53.8 Å². The quantitative estimate of drug-likeness (QED) is 0.740. The molecule has 0 amide bonds. The Morgan fingerprint density at radius 1 is 1.24 bits per heavy atom. The van der Waals surface area contributed by atoms with Gasteiger partial charge in [0, 0.05) is 23.3 Å². The monoisotopic (exact) mass is 283 g/mol. The Balaban J connectivity index is 1.89. The van der Waals surface area contributed by atoms with Gasteiger partial charge in [0.05, 0.1) is 12.1 Å². The highest BCUT2D eigenvalue weighted by molar-refractivity contribution is 5.82. The van der Waals surface area contributed by atoms with Gasteiger partial charge in [0.1, 0.15) is 17.2 Å². The van der Waals surface area contributed by atoms with E-state index in [1.165, 1.54) is 10.9 Å². The number of H-pyrrole nitrogens is 1. The van der Waals surface area contributed by atoms with Crippen LogP contribution < -0.4 is 5.32 Å². The summed E-state index contributed by atoms with van der Waals surface area (Å²) in [5, 5.41) is 4.76. The predicted octanol–water partition coefficient (Wildman–Crippen LogP) is 4.13. The average molecular weight is 283 g/mol. The minimum atomic E-state index is 0.132. The molecule has 2 heterocycles. The summed E-state index contributed by atoms with van der Waals surface area (Å²) in [7, 11) is 0. The molecule has 0 saturated carbocycles. The summed E-state index contributed by atoms with van der Waals surface area (Å²) in [6.45, 7) is 6.41. The number of aryl methyl sites for hydroxylation is 1. The molecule has 4 nitrogen and oxygen atoms in total. The van der Waals surface area contributed by atoms with E-state index in [2.05, 4.69) is 48.2 Å². The maximum Gasteiger partial charge on any atom is 0.134 e. The van der Waals surface area contributed by atoms with E-state index in [4.69, 9.17) is 4.42 Å². The molecule has 0 spiro atoms. The molecule has 0 aliphatic rings. The molecule has 2 atom stereocenters. The lowest BCUT2D eigenvalue weighted by atomic mass is 10.0. The van der Waals surface area contributed by atoms with E-state index in [1.807, 2.05) is 18.3 Å². The third-order valence-electron chi connectivity index (χ3n) is 3.91. The fourth-order valence-corrected chi connectivity index (χ4v) is 2.88. The van der Waals surface area contributed by atoms with Crippen LogP contribution in [0.1, 0.15) is 50.0 Å². The Morgan fingerprint density at radius 3 is 2.76 bits per heavy atom. The Kier molecular flexibility index (Phi) is 3.80. The molecule has 2 unspecified atom stereocenters. The molecule has 0 fully saturated rings. The summed E-state index contributed by atoms with van der Waals surface area (Å²) < 4.78 is 6.08. The fourth-order valence-electron chi connectivity index (χ4n) is 2.88. The van der Waals surface area contributed by atoms with Crippen LogP contribution in [0.5, 0.6) is 0 Å². The second-order valence-electron chi connectivity index (χ2n) is 5.38. The first-order chi connectivity index (χ1) is 10.2. The normalized spacial score (nSPS) is 14.4. The van der Waals surface area contributed by atoms with Gasteiger partial charge < -0.3 is 9.40 Å². The molecule has 0 aliphatic heterocycles. The van der Waals surface area contributed by atoms with Gasteiger partial charge in [0.25, 0.3) is 0 Å². The Morgan fingerprint density at radius 2 is 2.05 bits per heavy atom. The van der Waals surface area contributed by atoms with Crippen LogP contribution in [0, 0.1) is 0 Å². The first kappa shape index (κ1) is 13.9. The zero-order valence-corrected chi connectivity index (χ0v) is 12.7. The van der Waals surface area contributed by atoms with Gasteiger partial charge in [0.15, 0.2) is 0 Å². The topological polar surface area (TPSA) is 53.9 Å². The van der Waals surface area contributed by atoms with Gasteiger partial charge >= 0.3 is 0 Å². The summed E-state index contributed by atoms with van der Waals surface area (Å²) >= 11 is 0. The average Bonchev–Trinajstić information content (AvgIpc) is 3.14. The maximum atomic E-state index is 6.08. The van der Waals surface area contributed by atoms with E-state index in [-0.39, 0.29) is 12.1 Å². The Bertz CT molecular complexity index is 715. The number of fused-ring (bicyclic) bond motifs is 1. The van der Waals surface area contributed by atoms with Crippen LogP contribution in [0.4, 0.5) is 0 Å². The molecule has 0 saturated heterocycles. The standard InChI is InChI=1S/C17H21N3O/c1-4-13-14-7-5-6-8-15(14)21-16(13)11(2)20-12(3)17-18-9-10-19-17/h5-12,20H,4H2,1-3H3,(H,18,19). The van der Waals surface area contributed by atoms with Gasteiger partial charge in [-0.15, -0.1) is 0 Å². The number of benzene rings is 1. The lowest BCUT2D eigenvalue weighted by Crippen LogP contribution is -2.23. The third-order valence-corrected chi connectivity index (χ3v) is 3.91. The van der Waals surface area contributed by atoms with Crippen molar-refractivity contribution in [1.82, 2.24) is 15.3 Å². The lowest BCUT2D eigenvalue weighted by Gasteiger charge is -2.18. The van der Waals surface area contributed by atoms with Crippen LogP contribution >= 0.6 is 0 Å². The van der Waals surface area contributed by atoms with Crippen molar-refractivity contribution in [2.75, 3.05) is 0 Å². The van der Waals surface area contributed by atoms with Crippen LogP contribution in [-0.2, 0) is 6.42 Å². The molecule has 3 aromatic rings. The molecule has 2 aromatic heterocycles. The Hall–Kier alpha value is -2.07. The summed E-state index contributed by atoms with van der Waals surface area (Å²) in [6.07, 6.45) is 4.58. The second kappa shape index (κ2) is 5.74. The molecule has 0 bridgehead atoms. The van der Waals surface area contributed by atoms with Crippen molar-refractivity contribution in [3.63, 3.8) is 0 Å². The van der Waals surface area contributed by atoms with Crippen LogP contribution in [0.25, 0.3) is 11.0 Å². The van der Waals surface area contributed by atoms with E-state index < -0.39 is 0 Å². The molecular formula is C17H21N3O. The molecule has 21 heavy (non-hydrogen) atoms. The largest absolute Gasteiger partial charge is 0.459 e. The van der Waals surface area contributed by atoms with Gasteiger partial charge in [-0.1, -0.05) is 25.1 Å². The highest BCUT2D eigenvalue weighted by Gasteiger charge is 2.20. The van der Waals surface area contributed by atoms with E-state index in [9.17, 15) is 0 Å². The molecule has 0 radical (unpaired) electrons. The minimum absolute atomic E-state index is 0.132. The van der Waals surface area contributed by atoms with Crippen LogP contribution in [-0.4, -0.2) is 9.97 Å². The van der Waals surface area contributed by atoms with Crippen molar-refractivity contribution >= 4 is 11.0 Å². The van der Waals surface area contributed by atoms with Crippen molar-refractivity contribution in [2.45, 2.75) is 39.3 Å². The van der Waals surface area contributed by atoms with Crippen molar-refractivity contribution in [2.24, 2.45) is 0 Å². The van der Waals surface area contributed by atoms with Gasteiger partial charge in [-0.25, -0.2) is 4.98 Å². The van der Waals surface area contributed by atoms with E-state index in [1.54, 1.807) is 6.20 Å². The summed E-state index contributed by atoms with van der Waals surface area (Å²) in [6, 6.07) is 8.51. The SMILES string of the molecule is CCc1c(C(C)NC(C)c2ncc[nH]2)oc2ccccc12. The molecule has 110 valence electrons. The number of nitrogens with zero attached hydrogens (tertiary/aromatic N) is 1. The smallest absolute Gasteiger partial charge is 0.134 e. The second-order valence-corrected chi connectivity index (χ2v) is 5.38. The van der Waals surface area contributed by atoms with E-state index >= 15 is 0 Å². The number of rotatable bonds is 5. The number of imidazole rings is 1. The fraction of sp³-hybridized carbons (Fsp3) is 0.353. The molecule has 1 aromatic carbocycles. The highest BCUT2D eigenvalue weighted by atomic mass is 16.3. The lowest BCUT2D eigenvalue weighted by molar-refractivity contribution is 0.407. The number of para-hydroxylation sites is 1. The highest BCUT2D eigenvalue weighted by Crippen LogP contribution is 2.31. The summed E-state index contributed by atoms with van der Waals surface area (Å²) in [4.78, 5) is 7.44. The minimum Gasteiger partial charge on any atom is -0.459 e. The molecule has 3 rings (SSSR count). The molecule has 2 N–H and O–H groups in total. The molecule has 0 aliphatic carbocycles. The van der Waals surface area contributed by atoms with E-state index in [0.29, 0.717) is 0 Å².